The summed E-state index contributed by atoms with van der Waals surface area (Å²) in [7, 11) is 0. The van der Waals surface area contributed by atoms with Crippen LogP contribution in [0.2, 0.25) is 5.02 Å². The highest BCUT2D eigenvalue weighted by Gasteiger charge is 2.75. The number of halogens is 1. The van der Waals surface area contributed by atoms with Crippen molar-refractivity contribution in [3.8, 4) is 5.75 Å². The van der Waals surface area contributed by atoms with E-state index in [4.69, 9.17) is 35.9 Å². The van der Waals surface area contributed by atoms with E-state index in [1.807, 2.05) is 0 Å². The average molecular weight is 445 g/mol. The Balaban J connectivity index is 1.18. The second-order valence-electron chi connectivity index (χ2n) is 8.45. The van der Waals surface area contributed by atoms with Crippen LogP contribution in [0.1, 0.15) is 42.4 Å². The summed E-state index contributed by atoms with van der Waals surface area (Å²) in [5.74, 6) is 1.92. The number of rotatable bonds is 9. The van der Waals surface area contributed by atoms with Crippen molar-refractivity contribution in [2.45, 2.75) is 50.9 Å². The van der Waals surface area contributed by atoms with E-state index in [0.717, 1.165) is 0 Å². The molecule has 0 spiro atoms. The fraction of sp³-hybridized carbons (Fsp3) is 0.429. The summed E-state index contributed by atoms with van der Waals surface area (Å²) in [5.41, 5.74) is 5.76. The van der Waals surface area contributed by atoms with Gasteiger partial charge in [0.1, 0.15) is 23.3 Å². The third-order valence-corrected chi connectivity index (χ3v) is 6.32. The molecule has 0 saturated heterocycles. The maximum atomic E-state index is 12.1. The van der Waals surface area contributed by atoms with Crippen LogP contribution in [0.25, 0.3) is 0 Å². The third-order valence-electron chi connectivity index (χ3n) is 6.06. The topological polar surface area (TPSA) is 127 Å². The Kier molecular flexibility index (Phi) is 4.75. The standard InChI is InChI=1S/C21H21ClN4O5/c1-12-6-14(25-30-12)7-29-17(18(23)27)20-9-21(10-20,11-20)19-24-16(26-31-19)8-28-15-4-2-13(22)3-5-15/h2-6,17H,7-11H2,1H3,(H2,23,27). The molecule has 3 fully saturated rings. The minimum absolute atomic E-state index is 0.173. The van der Waals surface area contributed by atoms with Crippen molar-refractivity contribution >= 4 is 17.5 Å². The molecule has 3 aliphatic rings. The van der Waals surface area contributed by atoms with Gasteiger partial charge in [-0.05, 0) is 50.5 Å². The second-order valence-corrected chi connectivity index (χ2v) is 8.89. The number of nitrogens with zero attached hydrogens (tertiary/aromatic N) is 3. The SMILES string of the molecule is Cc1cc(COC(C(N)=O)C23CC(c4nc(COc5ccc(Cl)cc5)no4)(C2)C3)no1. The van der Waals surface area contributed by atoms with Crippen LogP contribution >= 0.6 is 11.6 Å². The number of nitrogens with two attached hydrogens (primary N) is 1. The van der Waals surface area contributed by atoms with E-state index < -0.39 is 12.0 Å². The van der Waals surface area contributed by atoms with Gasteiger partial charge in [-0.3, -0.25) is 4.79 Å². The van der Waals surface area contributed by atoms with Gasteiger partial charge in [0.25, 0.3) is 0 Å². The summed E-state index contributed by atoms with van der Waals surface area (Å²) in [5, 5.41) is 8.55. The Morgan fingerprint density at radius 1 is 1.19 bits per heavy atom. The van der Waals surface area contributed by atoms with Crippen LogP contribution < -0.4 is 10.5 Å². The van der Waals surface area contributed by atoms with Crippen molar-refractivity contribution in [1.82, 2.24) is 15.3 Å². The zero-order valence-corrected chi connectivity index (χ0v) is 17.6. The lowest BCUT2D eigenvalue weighted by atomic mass is 9.33. The summed E-state index contributed by atoms with van der Waals surface area (Å²) >= 11 is 5.87. The zero-order chi connectivity index (χ0) is 21.6. The number of carbonyl (C=O) groups is 1. The monoisotopic (exact) mass is 444 g/mol. The molecular weight excluding hydrogens is 424 g/mol. The molecule has 0 radical (unpaired) electrons. The Bertz CT molecular complexity index is 1090. The Labute approximate surface area is 182 Å². The number of amides is 1. The molecule has 3 saturated carbocycles. The number of carbonyl (C=O) groups excluding carboxylic acids is 1. The molecule has 6 rings (SSSR count). The predicted molar refractivity (Wildman–Crippen MR) is 107 cm³/mol. The van der Waals surface area contributed by atoms with Gasteiger partial charge in [0.2, 0.25) is 17.6 Å². The van der Waals surface area contributed by atoms with E-state index in [1.165, 1.54) is 0 Å². The number of aromatic nitrogens is 3. The van der Waals surface area contributed by atoms with E-state index in [2.05, 4.69) is 15.3 Å². The molecule has 2 bridgehead atoms. The molecule has 3 aliphatic carbocycles. The van der Waals surface area contributed by atoms with Gasteiger partial charge in [0.05, 0.1) is 12.0 Å². The largest absolute Gasteiger partial charge is 0.485 e. The molecule has 1 aromatic carbocycles. The fourth-order valence-electron chi connectivity index (χ4n) is 4.79. The number of aryl methyl sites for hydroxylation is 1. The smallest absolute Gasteiger partial charge is 0.247 e. The first kappa shape index (κ1) is 20.0. The first-order valence-corrected chi connectivity index (χ1v) is 10.3. The molecule has 1 unspecified atom stereocenters. The second kappa shape index (κ2) is 7.35. The lowest BCUT2D eigenvalue weighted by molar-refractivity contribution is -0.229. The van der Waals surface area contributed by atoms with Crippen LogP contribution in [-0.4, -0.2) is 27.3 Å². The van der Waals surface area contributed by atoms with Crippen LogP contribution in [-0.2, 0) is 28.2 Å². The number of hydrogen-bond donors (Lipinski definition) is 1. The fourth-order valence-corrected chi connectivity index (χ4v) is 4.92. The Hall–Kier alpha value is -2.91. The number of benzene rings is 1. The number of hydrogen-bond acceptors (Lipinski definition) is 8. The van der Waals surface area contributed by atoms with Crippen molar-refractivity contribution in [3.05, 3.63) is 58.5 Å². The minimum atomic E-state index is -0.693. The highest BCUT2D eigenvalue weighted by atomic mass is 35.5. The summed E-state index contributed by atoms with van der Waals surface area (Å²) in [6.07, 6.45) is 1.45. The van der Waals surface area contributed by atoms with E-state index in [9.17, 15) is 4.79 Å². The molecule has 2 N–H and O–H groups in total. The van der Waals surface area contributed by atoms with E-state index >= 15 is 0 Å². The molecule has 162 valence electrons. The van der Waals surface area contributed by atoms with Crippen LogP contribution in [0.4, 0.5) is 0 Å². The van der Waals surface area contributed by atoms with Gasteiger partial charge in [0.15, 0.2) is 6.61 Å². The van der Waals surface area contributed by atoms with E-state index in [0.29, 0.717) is 53.2 Å². The van der Waals surface area contributed by atoms with Gasteiger partial charge < -0.3 is 24.3 Å². The van der Waals surface area contributed by atoms with Gasteiger partial charge in [-0.15, -0.1) is 0 Å². The van der Waals surface area contributed by atoms with Crippen LogP contribution in [0.5, 0.6) is 5.75 Å². The molecule has 1 atom stereocenters. The number of primary amides is 1. The van der Waals surface area contributed by atoms with Gasteiger partial charge in [-0.1, -0.05) is 21.9 Å². The molecule has 10 heteroatoms. The van der Waals surface area contributed by atoms with Gasteiger partial charge in [-0.2, -0.15) is 4.98 Å². The predicted octanol–water partition coefficient (Wildman–Crippen LogP) is 3.09. The number of ether oxygens (including phenoxy) is 2. The normalized spacial score (nSPS) is 24.8. The zero-order valence-electron chi connectivity index (χ0n) is 16.8. The molecule has 9 nitrogen and oxygen atoms in total. The Morgan fingerprint density at radius 3 is 2.58 bits per heavy atom. The summed E-state index contributed by atoms with van der Waals surface area (Å²) in [6.45, 7) is 2.16. The van der Waals surface area contributed by atoms with Crippen molar-refractivity contribution in [2.75, 3.05) is 0 Å². The van der Waals surface area contributed by atoms with Crippen molar-refractivity contribution in [1.29, 1.82) is 0 Å². The lowest BCUT2D eigenvalue weighted by Crippen LogP contribution is -2.71. The molecule has 2 aromatic heterocycles. The molecule has 0 aliphatic heterocycles. The average Bonchev–Trinajstić information content (AvgIpc) is 3.31. The highest BCUT2D eigenvalue weighted by Crippen LogP contribution is 2.75. The molecular formula is C21H21ClN4O5. The summed E-state index contributed by atoms with van der Waals surface area (Å²) < 4.78 is 22.0. The Morgan fingerprint density at radius 2 is 1.94 bits per heavy atom. The van der Waals surface area contributed by atoms with Crippen LogP contribution in [0.3, 0.4) is 0 Å². The molecule has 2 heterocycles. The molecule has 31 heavy (non-hydrogen) atoms. The lowest BCUT2D eigenvalue weighted by Gasteiger charge is -2.70. The maximum Gasteiger partial charge on any atom is 0.247 e. The van der Waals surface area contributed by atoms with Crippen LogP contribution in [0.15, 0.2) is 39.4 Å². The summed E-state index contributed by atoms with van der Waals surface area (Å²) in [4.78, 5) is 16.6. The first-order valence-electron chi connectivity index (χ1n) is 9.92. The molecule has 3 aromatic rings. The first-order chi connectivity index (χ1) is 14.9. The summed E-state index contributed by atoms with van der Waals surface area (Å²) in [6, 6.07) is 8.83. The van der Waals surface area contributed by atoms with Gasteiger partial charge in [0, 0.05) is 16.5 Å². The van der Waals surface area contributed by atoms with E-state index in [-0.39, 0.29) is 24.0 Å². The maximum absolute atomic E-state index is 12.1. The van der Waals surface area contributed by atoms with Gasteiger partial charge in [-0.25, -0.2) is 0 Å². The van der Waals surface area contributed by atoms with Crippen molar-refractivity contribution < 1.29 is 23.3 Å². The van der Waals surface area contributed by atoms with Crippen molar-refractivity contribution in [2.24, 2.45) is 11.1 Å². The minimum Gasteiger partial charge on any atom is -0.485 e. The third kappa shape index (κ3) is 3.57. The van der Waals surface area contributed by atoms with Crippen LogP contribution in [0, 0.1) is 12.3 Å². The van der Waals surface area contributed by atoms with E-state index in [1.54, 1.807) is 37.3 Å². The highest BCUT2D eigenvalue weighted by molar-refractivity contribution is 6.30. The van der Waals surface area contributed by atoms with Gasteiger partial charge >= 0.3 is 0 Å². The molecule has 1 amide bonds. The van der Waals surface area contributed by atoms with Crippen molar-refractivity contribution in [3.63, 3.8) is 0 Å². The quantitative estimate of drug-likeness (QED) is 0.533.